The van der Waals surface area contributed by atoms with E-state index < -0.39 is 0 Å². The Bertz CT molecular complexity index is 577. The highest BCUT2D eigenvalue weighted by Gasteiger charge is 2.30. The van der Waals surface area contributed by atoms with E-state index in [2.05, 4.69) is 62.6 Å². The molecular weight excluding hydrogens is 268 g/mol. The first-order chi connectivity index (χ1) is 10.5. The van der Waals surface area contributed by atoms with Crippen molar-refractivity contribution in [3.63, 3.8) is 0 Å². The van der Waals surface area contributed by atoms with Gasteiger partial charge < -0.3 is 9.80 Å². The zero-order valence-electron chi connectivity index (χ0n) is 14.8. The standard InChI is InChI=1S/C20H30N2/c1-14-6-7-19(16(3)10-14)21-8-9-22(13-21)20-17(4)11-15(2)12-18(20)5/h6-7,11,16,18H,8-10,12-13H2,1-5H3/t16-,18+/m0/s1. The van der Waals surface area contributed by atoms with Crippen molar-refractivity contribution in [1.29, 1.82) is 0 Å². The Morgan fingerprint density at radius 2 is 1.55 bits per heavy atom. The van der Waals surface area contributed by atoms with Crippen molar-refractivity contribution in [2.45, 2.75) is 47.5 Å². The van der Waals surface area contributed by atoms with Crippen LogP contribution in [0.15, 0.2) is 46.3 Å². The van der Waals surface area contributed by atoms with Gasteiger partial charge in [-0.05, 0) is 51.2 Å². The molecule has 0 aromatic heterocycles. The smallest absolute Gasteiger partial charge is 0.0899 e. The van der Waals surface area contributed by atoms with Gasteiger partial charge in [0.25, 0.3) is 0 Å². The molecule has 0 unspecified atom stereocenters. The minimum Gasteiger partial charge on any atom is -0.355 e. The third-order valence-corrected chi connectivity index (χ3v) is 5.32. The zero-order chi connectivity index (χ0) is 15.9. The topological polar surface area (TPSA) is 6.48 Å². The molecule has 22 heavy (non-hydrogen) atoms. The normalized spacial score (nSPS) is 29.6. The molecule has 2 nitrogen and oxygen atoms in total. The molecule has 120 valence electrons. The maximum absolute atomic E-state index is 2.61. The Balaban J connectivity index is 1.77. The first-order valence-electron chi connectivity index (χ1n) is 8.71. The first kappa shape index (κ1) is 15.5. The number of hydrogen-bond acceptors (Lipinski definition) is 2. The summed E-state index contributed by atoms with van der Waals surface area (Å²) in [6.07, 6.45) is 9.46. The van der Waals surface area contributed by atoms with Crippen LogP contribution in [0, 0.1) is 11.8 Å². The van der Waals surface area contributed by atoms with Gasteiger partial charge in [0.05, 0.1) is 6.67 Å². The molecule has 1 fully saturated rings. The lowest BCUT2D eigenvalue weighted by molar-refractivity contribution is 0.281. The minimum atomic E-state index is 0.657. The van der Waals surface area contributed by atoms with Gasteiger partial charge in [-0.2, -0.15) is 0 Å². The molecule has 0 spiro atoms. The predicted octanol–water partition coefficient (Wildman–Crippen LogP) is 4.69. The second-order valence-electron chi connectivity index (χ2n) is 7.54. The Kier molecular flexibility index (Phi) is 4.20. The maximum atomic E-state index is 2.61. The summed E-state index contributed by atoms with van der Waals surface area (Å²) in [6.45, 7) is 14.9. The molecule has 2 aliphatic carbocycles. The lowest BCUT2D eigenvalue weighted by atomic mass is 9.89. The average molecular weight is 298 g/mol. The van der Waals surface area contributed by atoms with E-state index in [1.807, 2.05) is 0 Å². The molecular formula is C20H30N2. The Morgan fingerprint density at radius 1 is 0.864 bits per heavy atom. The van der Waals surface area contributed by atoms with Gasteiger partial charge in [-0.15, -0.1) is 0 Å². The summed E-state index contributed by atoms with van der Waals surface area (Å²) in [5, 5.41) is 0. The lowest BCUT2D eigenvalue weighted by Crippen LogP contribution is -2.31. The van der Waals surface area contributed by atoms with E-state index in [9.17, 15) is 0 Å². The fraction of sp³-hybridized carbons (Fsp3) is 0.600. The second-order valence-corrected chi connectivity index (χ2v) is 7.54. The van der Waals surface area contributed by atoms with Gasteiger partial charge in [-0.1, -0.05) is 37.1 Å². The van der Waals surface area contributed by atoms with Crippen molar-refractivity contribution in [1.82, 2.24) is 9.80 Å². The zero-order valence-corrected chi connectivity index (χ0v) is 14.8. The third-order valence-electron chi connectivity index (χ3n) is 5.32. The number of hydrogen-bond donors (Lipinski definition) is 0. The SMILES string of the molecule is CC1=CC(C)=C(N2CCN(C3=CC=C(C)C[C@@H]3C)C2)[C@H](C)C1. The van der Waals surface area contributed by atoms with Crippen LogP contribution in [0.4, 0.5) is 0 Å². The van der Waals surface area contributed by atoms with Crippen LogP contribution in [-0.2, 0) is 0 Å². The van der Waals surface area contributed by atoms with Crippen LogP contribution >= 0.6 is 0 Å². The van der Waals surface area contributed by atoms with Gasteiger partial charge in [-0.25, -0.2) is 0 Å². The molecule has 3 rings (SSSR count). The summed E-state index contributed by atoms with van der Waals surface area (Å²) in [5.74, 6) is 1.32. The number of allylic oxidation sites excluding steroid dienone is 8. The maximum Gasteiger partial charge on any atom is 0.0899 e. The van der Waals surface area contributed by atoms with Crippen molar-refractivity contribution >= 4 is 0 Å². The highest BCUT2D eigenvalue weighted by atomic mass is 15.4. The summed E-state index contributed by atoms with van der Waals surface area (Å²) in [7, 11) is 0. The summed E-state index contributed by atoms with van der Waals surface area (Å²) in [5.41, 5.74) is 7.60. The van der Waals surface area contributed by atoms with Crippen molar-refractivity contribution in [3.05, 3.63) is 46.3 Å². The van der Waals surface area contributed by atoms with E-state index in [0.717, 1.165) is 19.8 Å². The fourth-order valence-corrected chi connectivity index (χ4v) is 4.49. The third kappa shape index (κ3) is 2.88. The molecule has 0 amide bonds. The highest BCUT2D eigenvalue weighted by Crippen LogP contribution is 2.35. The molecule has 3 aliphatic rings. The van der Waals surface area contributed by atoms with E-state index in [1.165, 1.54) is 35.3 Å². The van der Waals surface area contributed by atoms with Crippen LogP contribution in [-0.4, -0.2) is 29.6 Å². The molecule has 0 aromatic rings. The van der Waals surface area contributed by atoms with Crippen molar-refractivity contribution < 1.29 is 0 Å². The monoisotopic (exact) mass is 298 g/mol. The quantitative estimate of drug-likeness (QED) is 0.729. The Morgan fingerprint density at radius 3 is 2.23 bits per heavy atom. The van der Waals surface area contributed by atoms with Crippen LogP contribution in [0.1, 0.15) is 47.5 Å². The Hall–Kier alpha value is -1.44. The van der Waals surface area contributed by atoms with Crippen LogP contribution in [0.3, 0.4) is 0 Å². The Labute approximate surface area is 135 Å². The summed E-state index contributed by atoms with van der Waals surface area (Å²) < 4.78 is 0. The molecule has 2 heteroatoms. The molecule has 0 N–H and O–H groups in total. The number of nitrogens with zero attached hydrogens (tertiary/aromatic N) is 2. The highest BCUT2D eigenvalue weighted by molar-refractivity contribution is 5.33. The summed E-state index contributed by atoms with van der Waals surface area (Å²) in [6, 6.07) is 0. The lowest BCUT2D eigenvalue weighted by Gasteiger charge is -2.33. The van der Waals surface area contributed by atoms with Crippen molar-refractivity contribution in [3.8, 4) is 0 Å². The minimum absolute atomic E-state index is 0.657. The van der Waals surface area contributed by atoms with Gasteiger partial charge in [0.1, 0.15) is 0 Å². The molecule has 0 bridgehead atoms. The van der Waals surface area contributed by atoms with Gasteiger partial charge in [0, 0.05) is 30.4 Å². The van der Waals surface area contributed by atoms with E-state index >= 15 is 0 Å². The fourth-order valence-electron chi connectivity index (χ4n) is 4.49. The molecule has 1 heterocycles. The van der Waals surface area contributed by atoms with E-state index in [-0.39, 0.29) is 0 Å². The molecule has 1 aliphatic heterocycles. The molecule has 2 atom stereocenters. The van der Waals surface area contributed by atoms with E-state index in [0.29, 0.717) is 11.8 Å². The molecule has 0 aromatic carbocycles. The van der Waals surface area contributed by atoms with Gasteiger partial charge in [-0.3, -0.25) is 0 Å². The van der Waals surface area contributed by atoms with Crippen molar-refractivity contribution in [2.75, 3.05) is 19.8 Å². The first-order valence-corrected chi connectivity index (χ1v) is 8.71. The van der Waals surface area contributed by atoms with Gasteiger partial charge >= 0.3 is 0 Å². The van der Waals surface area contributed by atoms with Crippen molar-refractivity contribution in [2.24, 2.45) is 11.8 Å². The van der Waals surface area contributed by atoms with E-state index in [4.69, 9.17) is 0 Å². The van der Waals surface area contributed by atoms with E-state index in [1.54, 1.807) is 5.70 Å². The number of rotatable bonds is 2. The predicted molar refractivity (Wildman–Crippen MR) is 94.1 cm³/mol. The summed E-state index contributed by atoms with van der Waals surface area (Å²) in [4.78, 5) is 5.20. The van der Waals surface area contributed by atoms with Crippen LogP contribution in [0.2, 0.25) is 0 Å². The average Bonchev–Trinajstić information content (AvgIpc) is 2.86. The van der Waals surface area contributed by atoms with Gasteiger partial charge in [0.15, 0.2) is 0 Å². The second kappa shape index (κ2) is 5.98. The van der Waals surface area contributed by atoms with Crippen LogP contribution < -0.4 is 0 Å². The molecule has 1 saturated heterocycles. The van der Waals surface area contributed by atoms with Crippen LogP contribution in [0.25, 0.3) is 0 Å². The van der Waals surface area contributed by atoms with Crippen LogP contribution in [0.5, 0.6) is 0 Å². The largest absolute Gasteiger partial charge is 0.355 e. The molecule has 0 radical (unpaired) electrons. The summed E-state index contributed by atoms with van der Waals surface area (Å²) >= 11 is 0. The molecule has 0 saturated carbocycles. The van der Waals surface area contributed by atoms with Gasteiger partial charge in [0.2, 0.25) is 0 Å².